The molecule has 7 unspecified atom stereocenters. The highest BCUT2D eigenvalue weighted by Crippen LogP contribution is 2.50. The zero-order chi connectivity index (χ0) is 22.4. The summed E-state index contributed by atoms with van der Waals surface area (Å²) >= 11 is 0. The summed E-state index contributed by atoms with van der Waals surface area (Å²) in [7, 11) is 0. The molecule has 0 radical (unpaired) electrons. The Bertz CT molecular complexity index is 553. The van der Waals surface area contributed by atoms with Gasteiger partial charge in [0.25, 0.3) is 0 Å². The molecule has 1 heterocycles. The lowest BCUT2D eigenvalue weighted by Gasteiger charge is -2.47. The van der Waals surface area contributed by atoms with Gasteiger partial charge in [-0.05, 0) is 112 Å². The van der Waals surface area contributed by atoms with E-state index in [4.69, 9.17) is 4.74 Å². The van der Waals surface area contributed by atoms with Crippen LogP contribution in [0.15, 0.2) is 0 Å². The van der Waals surface area contributed by atoms with Gasteiger partial charge in [0.2, 0.25) is 0 Å². The monoisotopic (exact) mass is 432 g/mol. The maximum Gasteiger partial charge on any atom is 0.132 e. The van der Waals surface area contributed by atoms with Crippen LogP contribution in [-0.2, 0) is 9.53 Å². The molecule has 4 rings (SSSR count). The van der Waals surface area contributed by atoms with Crippen molar-refractivity contribution in [3.05, 3.63) is 0 Å². The number of unbranched alkanes of at least 4 members (excludes halogenated alkanes) is 1. The standard InChI is InChI=1S/C22H40O.C7H12O/c1-5-8-21(23)9-6-7-13-22(3,4)14-12-18-16-20-11-10-19(20)15-17(18)2;1-5-2-3-6-7(4-5)8-6/h17-20H,5-16H2,1-4H3;5-7H,2-4H2,1H3. The van der Waals surface area contributed by atoms with Gasteiger partial charge in [-0.25, -0.2) is 0 Å². The molecule has 3 saturated carbocycles. The van der Waals surface area contributed by atoms with Gasteiger partial charge < -0.3 is 4.74 Å². The molecule has 7 atom stereocenters. The molecular weight excluding hydrogens is 380 g/mol. The van der Waals surface area contributed by atoms with Gasteiger partial charge in [-0.2, -0.15) is 0 Å². The Morgan fingerprint density at radius 3 is 2.26 bits per heavy atom. The molecule has 1 aliphatic heterocycles. The number of ether oxygens (including phenoxy) is 1. The van der Waals surface area contributed by atoms with Gasteiger partial charge in [-0.3, -0.25) is 4.79 Å². The second kappa shape index (κ2) is 11.7. The molecule has 180 valence electrons. The van der Waals surface area contributed by atoms with Gasteiger partial charge >= 0.3 is 0 Å². The maximum absolute atomic E-state index is 11.6. The summed E-state index contributed by atoms with van der Waals surface area (Å²) in [5, 5.41) is 0. The number of fused-ring (bicyclic) bond motifs is 2. The minimum absolute atomic E-state index is 0.462. The lowest BCUT2D eigenvalue weighted by atomic mass is 9.58. The SMILES string of the molecule is CC1CCC2OC2C1.CCCC(=O)CCCCC(C)(C)CCC1CC2CCC2CC1C. The molecule has 0 N–H and O–H groups in total. The summed E-state index contributed by atoms with van der Waals surface area (Å²) in [6.45, 7) is 11.8. The lowest BCUT2D eigenvalue weighted by molar-refractivity contribution is -0.119. The summed E-state index contributed by atoms with van der Waals surface area (Å²) in [5.41, 5.74) is 0.462. The quantitative estimate of drug-likeness (QED) is 0.256. The van der Waals surface area contributed by atoms with Crippen molar-refractivity contribution in [2.45, 2.75) is 143 Å². The highest BCUT2D eigenvalue weighted by Gasteiger charge is 2.42. The van der Waals surface area contributed by atoms with Crippen molar-refractivity contribution in [1.82, 2.24) is 0 Å². The van der Waals surface area contributed by atoms with Gasteiger partial charge in [0, 0.05) is 12.8 Å². The number of carbonyl (C=O) groups is 1. The van der Waals surface area contributed by atoms with E-state index in [2.05, 4.69) is 34.6 Å². The molecule has 31 heavy (non-hydrogen) atoms. The first kappa shape index (κ1) is 25.3. The molecule has 0 aromatic heterocycles. The first-order valence-corrected chi connectivity index (χ1v) is 13.9. The molecular formula is C29H52O2. The van der Waals surface area contributed by atoms with Gasteiger partial charge in [0.05, 0.1) is 12.2 Å². The molecule has 0 aromatic carbocycles. The lowest BCUT2D eigenvalue weighted by Crippen LogP contribution is -2.37. The van der Waals surface area contributed by atoms with E-state index in [9.17, 15) is 4.79 Å². The molecule has 0 bridgehead atoms. The van der Waals surface area contributed by atoms with Crippen LogP contribution in [0.4, 0.5) is 0 Å². The first-order chi connectivity index (χ1) is 14.8. The summed E-state index contributed by atoms with van der Waals surface area (Å²) in [6.07, 6.45) is 20.5. The van der Waals surface area contributed by atoms with E-state index in [1.807, 2.05) is 0 Å². The van der Waals surface area contributed by atoms with Crippen LogP contribution in [0.1, 0.15) is 131 Å². The van der Waals surface area contributed by atoms with E-state index >= 15 is 0 Å². The molecule has 0 spiro atoms. The third-order valence-corrected chi connectivity index (χ3v) is 9.21. The van der Waals surface area contributed by atoms with E-state index in [0.717, 1.165) is 55.3 Å². The molecule has 1 saturated heterocycles. The smallest absolute Gasteiger partial charge is 0.132 e. The fourth-order valence-electron chi connectivity index (χ4n) is 6.59. The van der Waals surface area contributed by atoms with E-state index in [1.54, 1.807) is 0 Å². The Kier molecular flexibility index (Phi) is 9.50. The molecule has 4 aliphatic rings. The number of epoxide rings is 1. The van der Waals surface area contributed by atoms with Crippen LogP contribution >= 0.6 is 0 Å². The number of rotatable bonds is 10. The number of Topliss-reactive ketones (excluding diaryl/α,β-unsaturated/α-hetero) is 1. The minimum atomic E-state index is 0.462. The number of carbonyl (C=O) groups excluding carboxylic acids is 1. The molecule has 3 aliphatic carbocycles. The van der Waals surface area contributed by atoms with Crippen molar-refractivity contribution in [2.24, 2.45) is 35.0 Å². The Morgan fingerprint density at radius 2 is 1.61 bits per heavy atom. The van der Waals surface area contributed by atoms with Crippen molar-refractivity contribution in [3.63, 3.8) is 0 Å². The van der Waals surface area contributed by atoms with E-state index in [0.29, 0.717) is 23.4 Å². The molecule has 0 amide bonds. The van der Waals surface area contributed by atoms with Crippen LogP contribution < -0.4 is 0 Å². The van der Waals surface area contributed by atoms with Gasteiger partial charge in [-0.15, -0.1) is 0 Å². The average molecular weight is 433 g/mol. The van der Waals surface area contributed by atoms with E-state index < -0.39 is 0 Å². The molecule has 2 nitrogen and oxygen atoms in total. The average Bonchev–Trinajstić information content (AvgIpc) is 3.47. The van der Waals surface area contributed by atoms with Crippen LogP contribution in [0.5, 0.6) is 0 Å². The zero-order valence-corrected chi connectivity index (χ0v) is 21.5. The Labute approximate surface area is 193 Å². The third-order valence-electron chi connectivity index (χ3n) is 9.21. The van der Waals surface area contributed by atoms with Crippen molar-refractivity contribution in [1.29, 1.82) is 0 Å². The Morgan fingerprint density at radius 1 is 0.871 bits per heavy atom. The second-order valence-electron chi connectivity index (χ2n) is 12.6. The molecule has 0 aromatic rings. The number of hydrogen-bond donors (Lipinski definition) is 0. The van der Waals surface area contributed by atoms with Crippen LogP contribution in [0.3, 0.4) is 0 Å². The summed E-state index contributed by atoms with van der Waals surface area (Å²) in [5.74, 6) is 5.52. The zero-order valence-electron chi connectivity index (χ0n) is 21.5. The van der Waals surface area contributed by atoms with Crippen LogP contribution in [0.2, 0.25) is 0 Å². The predicted octanol–water partition coefficient (Wildman–Crippen LogP) is 8.37. The predicted molar refractivity (Wildman–Crippen MR) is 131 cm³/mol. The number of hydrogen-bond acceptors (Lipinski definition) is 2. The topological polar surface area (TPSA) is 29.6 Å². The second-order valence-corrected chi connectivity index (χ2v) is 12.6. The third kappa shape index (κ3) is 8.17. The first-order valence-electron chi connectivity index (χ1n) is 13.9. The molecule has 2 heteroatoms. The van der Waals surface area contributed by atoms with E-state index in [-0.39, 0.29) is 0 Å². The van der Waals surface area contributed by atoms with Crippen molar-refractivity contribution in [2.75, 3.05) is 0 Å². The fraction of sp³-hybridized carbons (Fsp3) is 0.966. The summed E-state index contributed by atoms with van der Waals surface area (Å²) < 4.78 is 5.35. The van der Waals surface area contributed by atoms with Gasteiger partial charge in [-0.1, -0.05) is 41.0 Å². The highest BCUT2D eigenvalue weighted by atomic mass is 16.6. The molecule has 4 fully saturated rings. The van der Waals surface area contributed by atoms with Crippen LogP contribution in [-0.4, -0.2) is 18.0 Å². The normalized spacial score (nSPS) is 36.4. The Balaban J connectivity index is 0.000000280. The Hall–Kier alpha value is -0.370. The van der Waals surface area contributed by atoms with Crippen molar-refractivity contribution >= 4 is 5.78 Å². The highest BCUT2D eigenvalue weighted by molar-refractivity contribution is 5.78. The van der Waals surface area contributed by atoms with Crippen molar-refractivity contribution in [3.8, 4) is 0 Å². The van der Waals surface area contributed by atoms with Gasteiger partial charge in [0.15, 0.2) is 0 Å². The van der Waals surface area contributed by atoms with Crippen molar-refractivity contribution < 1.29 is 9.53 Å². The van der Waals surface area contributed by atoms with Crippen LogP contribution in [0.25, 0.3) is 0 Å². The summed E-state index contributed by atoms with van der Waals surface area (Å²) in [4.78, 5) is 11.6. The maximum atomic E-state index is 11.6. The largest absolute Gasteiger partial charge is 0.370 e. The van der Waals surface area contributed by atoms with Crippen LogP contribution in [0, 0.1) is 35.0 Å². The fourth-order valence-corrected chi connectivity index (χ4v) is 6.59. The van der Waals surface area contributed by atoms with E-state index in [1.165, 1.54) is 70.6 Å². The number of ketones is 1. The van der Waals surface area contributed by atoms with Gasteiger partial charge in [0.1, 0.15) is 5.78 Å². The minimum Gasteiger partial charge on any atom is -0.370 e. The summed E-state index contributed by atoms with van der Waals surface area (Å²) in [6, 6.07) is 0.